The lowest BCUT2D eigenvalue weighted by molar-refractivity contribution is -0.121. The number of rotatable bonds is 7. The van der Waals surface area contributed by atoms with Gasteiger partial charge in [-0.2, -0.15) is 0 Å². The molecule has 1 aromatic rings. The van der Waals surface area contributed by atoms with E-state index in [1.165, 1.54) is 6.07 Å². The van der Waals surface area contributed by atoms with Crippen molar-refractivity contribution in [2.45, 2.75) is 45.6 Å². The number of nitrogens with one attached hydrogen (secondary N) is 1. The average Bonchev–Trinajstić information content (AvgIpc) is 2.48. The molecule has 0 aliphatic heterocycles. The Kier molecular flexibility index (Phi) is 8.15. The van der Waals surface area contributed by atoms with Gasteiger partial charge in [0.2, 0.25) is 5.91 Å². The molecular formula is C17H22FNO2. The van der Waals surface area contributed by atoms with Crippen LogP contribution in [0.25, 0.3) is 0 Å². The molecule has 0 atom stereocenters. The third-order valence-electron chi connectivity index (χ3n) is 3.00. The minimum Gasteiger partial charge on any atom is -0.395 e. The highest BCUT2D eigenvalue weighted by molar-refractivity contribution is 5.75. The van der Waals surface area contributed by atoms with Crippen LogP contribution in [0.3, 0.4) is 0 Å². The molecule has 4 heteroatoms. The topological polar surface area (TPSA) is 49.3 Å². The smallest absolute Gasteiger partial charge is 0.220 e. The molecule has 0 saturated heterocycles. The Morgan fingerprint density at radius 2 is 2.19 bits per heavy atom. The highest BCUT2D eigenvalue weighted by Gasteiger charge is 2.05. The second kappa shape index (κ2) is 9.95. The summed E-state index contributed by atoms with van der Waals surface area (Å²) in [7, 11) is 0. The van der Waals surface area contributed by atoms with Crippen LogP contribution < -0.4 is 5.32 Å². The summed E-state index contributed by atoms with van der Waals surface area (Å²) in [6, 6.07) is 4.57. The zero-order chi connectivity index (χ0) is 15.5. The van der Waals surface area contributed by atoms with E-state index in [-0.39, 0.29) is 24.9 Å². The van der Waals surface area contributed by atoms with Crippen molar-refractivity contribution < 1.29 is 14.3 Å². The maximum Gasteiger partial charge on any atom is 0.220 e. The number of unbranched alkanes of at least 4 members (excludes halogenated alkanes) is 2. The van der Waals surface area contributed by atoms with Crippen LogP contribution in [0, 0.1) is 17.7 Å². The number of halogens is 1. The van der Waals surface area contributed by atoms with Crippen molar-refractivity contribution in [1.29, 1.82) is 0 Å². The molecule has 1 amide bonds. The minimum absolute atomic E-state index is 0.00880. The monoisotopic (exact) mass is 291 g/mol. The number of benzene rings is 1. The molecule has 1 aromatic carbocycles. The first-order valence-electron chi connectivity index (χ1n) is 7.32. The Morgan fingerprint density at radius 1 is 1.38 bits per heavy atom. The lowest BCUT2D eigenvalue weighted by Crippen LogP contribution is -2.22. The van der Waals surface area contributed by atoms with Gasteiger partial charge < -0.3 is 10.4 Å². The molecule has 1 rings (SSSR count). The number of carbonyl (C=O) groups excluding carboxylic acids is 1. The third kappa shape index (κ3) is 6.92. The van der Waals surface area contributed by atoms with Crippen LogP contribution in [0.4, 0.5) is 4.39 Å². The lowest BCUT2D eigenvalue weighted by Gasteiger charge is -2.07. The summed E-state index contributed by atoms with van der Waals surface area (Å²) in [5.41, 5.74) is 1.11. The predicted molar refractivity (Wildman–Crippen MR) is 81.0 cm³/mol. The van der Waals surface area contributed by atoms with E-state index in [0.717, 1.165) is 19.3 Å². The van der Waals surface area contributed by atoms with Crippen LogP contribution in [0.15, 0.2) is 18.2 Å². The van der Waals surface area contributed by atoms with Gasteiger partial charge in [-0.15, -0.1) is 0 Å². The molecule has 3 nitrogen and oxygen atoms in total. The number of hydrogen-bond acceptors (Lipinski definition) is 2. The molecule has 0 heterocycles. The highest BCUT2D eigenvalue weighted by Crippen LogP contribution is 2.10. The van der Waals surface area contributed by atoms with Crippen molar-refractivity contribution >= 4 is 5.91 Å². The molecule has 114 valence electrons. The van der Waals surface area contributed by atoms with Crippen molar-refractivity contribution in [3.8, 4) is 11.8 Å². The number of carbonyl (C=O) groups is 1. The highest BCUT2D eigenvalue weighted by atomic mass is 19.1. The van der Waals surface area contributed by atoms with Crippen LogP contribution in [-0.2, 0) is 11.3 Å². The molecule has 0 unspecified atom stereocenters. The molecule has 0 radical (unpaired) electrons. The summed E-state index contributed by atoms with van der Waals surface area (Å²) in [4.78, 5) is 11.6. The fraction of sp³-hybridized carbons (Fsp3) is 0.471. The van der Waals surface area contributed by atoms with E-state index in [4.69, 9.17) is 5.11 Å². The Balaban J connectivity index is 2.56. The van der Waals surface area contributed by atoms with Gasteiger partial charge in [0.25, 0.3) is 0 Å². The van der Waals surface area contributed by atoms with Crippen molar-refractivity contribution in [3.05, 3.63) is 35.1 Å². The number of aliphatic hydroxyl groups is 1. The summed E-state index contributed by atoms with van der Waals surface area (Å²) in [5.74, 6) is 5.23. The van der Waals surface area contributed by atoms with Crippen molar-refractivity contribution in [3.63, 3.8) is 0 Å². The maximum absolute atomic E-state index is 13.7. The fourth-order valence-corrected chi connectivity index (χ4v) is 1.83. The van der Waals surface area contributed by atoms with Crippen LogP contribution in [0.1, 0.15) is 50.2 Å². The number of hydrogen-bond donors (Lipinski definition) is 2. The second-order valence-electron chi connectivity index (χ2n) is 4.82. The van der Waals surface area contributed by atoms with Gasteiger partial charge in [0.05, 0.1) is 6.61 Å². The van der Waals surface area contributed by atoms with Crippen LogP contribution >= 0.6 is 0 Å². The van der Waals surface area contributed by atoms with Crippen molar-refractivity contribution in [2.24, 2.45) is 0 Å². The van der Waals surface area contributed by atoms with Gasteiger partial charge in [0.15, 0.2) is 0 Å². The molecule has 0 aliphatic carbocycles. The SMILES string of the molecule is CCCCCC(=O)NCc1cc(C#CCCO)ccc1F. The number of aliphatic hydroxyl groups excluding tert-OH is 1. The van der Waals surface area contributed by atoms with Crippen molar-refractivity contribution in [2.75, 3.05) is 6.61 Å². The first-order valence-corrected chi connectivity index (χ1v) is 7.32. The summed E-state index contributed by atoms with van der Waals surface area (Å²) in [6.45, 7) is 2.26. The van der Waals surface area contributed by atoms with E-state index >= 15 is 0 Å². The van der Waals surface area contributed by atoms with Gasteiger partial charge >= 0.3 is 0 Å². The van der Waals surface area contributed by atoms with Gasteiger partial charge in [-0.25, -0.2) is 4.39 Å². The van der Waals surface area contributed by atoms with Crippen LogP contribution in [0.2, 0.25) is 0 Å². The third-order valence-corrected chi connectivity index (χ3v) is 3.00. The molecule has 0 bridgehead atoms. The molecule has 0 saturated carbocycles. The fourth-order valence-electron chi connectivity index (χ4n) is 1.83. The van der Waals surface area contributed by atoms with Gasteiger partial charge in [0, 0.05) is 30.5 Å². The van der Waals surface area contributed by atoms with E-state index in [0.29, 0.717) is 24.0 Å². The Labute approximate surface area is 125 Å². The standard InChI is InChI=1S/C17H22FNO2/c1-2-3-4-8-17(21)19-13-15-12-14(7-5-6-11-20)9-10-16(15)18/h9-10,12,20H,2-4,6,8,11,13H2,1H3,(H,19,21). The summed E-state index contributed by atoms with van der Waals surface area (Å²) in [6.07, 6.45) is 3.82. The first kappa shape index (κ1) is 17.2. The normalized spacial score (nSPS) is 9.86. The van der Waals surface area contributed by atoms with Gasteiger partial charge in [-0.1, -0.05) is 31.6 Å². The van der Waals surface area contributed by atoms with Gasteiger partial charge in [-0.05, 0) is 24.6 Å². The predicted octanol–water partition coefficient (Wildman–Crippen LogP) is 2.76. The zero-order valence-electron chi connectivity index (χ0n) is 12.4. The van der Waals surface area contributed by atoms with E-state index in [2.05, 4.69) is 24.1 Å². The lowest BCUT2D eigenvalue weighted by atomic mass is 10.1. The maximum atomic E-state index is 13.7. The molecule has 0 spiro atoms. The summed E-state index contributed by atoms with van der Waals surface area (Å²) in [5, 5.41) is 11.4. The van der Waals surface area contributed by atoms with Gasteiger partial charge in [-0.3, -0.25) is 4.79 Å². The molecule has 21 heavy (non-hydrogen) atoms. The number of amides is 1. The molecule has 0 aromatic heterocycles. The quantitative estimate of drug-likeness (QED) is 0.599. The zero-order valence-corrected chi connectivity index (χ0v) is 12.4. The molecule has 0 fully saturated rings. The molecule has 2 N–H and O–H groups in total. The molecule has 0 aliphatic rings. The van der Waals surface area contributed by atoms with Crippen LogP contribution in [-0.4, -0.2) is 17.6 Å². The van der Waals surface area contributed by atoms with E-state index < -0.39 is 0 Å². The van der Waals surface area contributed by atoms with Crippen LogP contribution in [0.5, 0.6) is 0 Å². The van der Waals surface area contributed by atoms with E-state index in [1.807, 2.05) is 0 Å². The minimum atomic E-state index is -0.350. The summed E-state index contributed by atoms with van der Waals surface area (Å²) >= 11 is 0. The summed E-state index contributed by atoms with van der Waals surface area (Å²) < 4.78 is 13.7. The van der Waals surface area contributed by atoms with E-state index in [9.17, 15) is 9.18 Å². The molecular weight excluding hydrogens is 269 g/mol. The average molecular weight is 291 g/mol. The Bertz CT molecular complexity index is 517. The second-order valence-corrected chi connectivity index (χ2v) is 4.82. The first-order chi connectivity index (χ1) is 10.2. The van der Waals surface area contributed by atoms with Gasteiger partial charge in [0.1, 0.15) is 5.82 Å². The van der Waals surface area contributed by atoms with Crippen molar-refractivity contribution in [1.82, 2.24) is 5.32 Å². The van der Waals surface area contributed by atoms with E-state index in [1.54, 1.807) is 12.1 Å². The Morgan fingerprint density at radius 3 is 2.90 bits per heavy atom. The Hall–Kier alpha value is -1.86. The largest absolute Gasteiger partial charge is 0.395 e.